The van der Waals surface area contributed by atoms with E-state index in [1.165, 1.54) is 22.2 Å². The van der Waals surface area contributed by atoms with E-state index in [-0.39, 0.29) is 12.1 Å². The second-order valence-electron chi connectivity index (χ2n) is 4.14. The molecule has 0 aliphatic carbocycles. The number of fused-ring (bicyclic) bond motifs is 1. The van der Waals surface area contributed by atoms with Gasteiger partial charge in [-0.05, 0) is 17.5 Å². The number of aliphatic hydroxyl groups excluding tert-OH is 1. The summed E-state index contributed by atoms with van der Waals surface area (Å²) in [5.41, 5.74) is 1.26. The van der Waals surface area contributed by atoms with Gasteiger partial charge in [0.1, 0.15) is 4.70 Å². The first-order chi connectivity index (χ1) is 9.25. The summed E-state index contributed by atoms with van der Waals surface area (Å²) in [6.45, 7) is 0.172. The molecule has 3 heterocycles. The van der Waals surface area contributed by atoms with Gasteiger partial charge in [-0.1, -0.05) is 6.07 Å². The minimum Gasteiger partial charge on any atom is -0.386 e. The molecule has 0 aliphatic heterocycles. The molecule has 0 amide bonds. The fourth-order valence-corrected chi connectivity index (χ4v) is 2.67. The predicted octanol–water partition coefficient (Wildman–Crippen LogP) is 1.59. The smallest absolute Gasteiger partial charge is 0.271 e. The maximum absolute atomic E-state index is 12.2. The molecule has 1 N–H and O–H groups in total. The standard InChI is InChI=1S/C13H11N3O2S/c17-11(9-2-1-4-14-6-9)7-16-8-15-10-3-5-19-12(10)13(16)18/h1-6,8,11,17H,7H2. The normalized spacial score (nSPS) is 12.7. The van der Waals surface area contributed by atoms with Gasteiger partial charge < -0.3 is 5.11 Å². The van der Waals surface area contributed by atoms with Gasteiger partial charge in [0.15, 0.2) is 0 Å². The lowest BCUT2D eigenvalue weighted by Gasteiger charge is -2.12. The average molecular weight is 273 g/mol. The number of hydrogen-bond donors (Lipinski definition) is 1. The molecule has 0 saturated heterocycles. The predicted molar refractivity (Wildman–Crippen MR) is 73.1 cm³/mol. The quantitative estimate of drug-likeness (QED) is 0.787. The van der Waals surface area contributed by atoms with Crippen molar-refractivity contribution in [3.63, 3.8) is 0 Å². The molecule has 0 radical (unpaired) electrons. The maximum Gasteiger partial charge on any atom is 0.271 e. The lowest BCUT2D eigenvalue weighted by atomic mass is 10.1. The first-order valence-electron chi connectivity index (χ1n) is 5.76. The van der Waals surface area contributed by atoms with Gasteiger partial charge in [-0.25, -0.2) is 4.98 Å². The SMILES string of the molecule is O=c1c2sccc2ncn1CC(O)c1cccnc1. The third-order valence-corrected chi connectivity index (χ3v) is 3.77. The number of aliphatic hydroxyl groups is 1. The number of thiophene rings is 1. The zero-order valence-electron chi connectivity index (χ0n) is 9.93. The molecular weight excluding hydrogens is 262 g/mol. The lowest BCUT2D eigenvalue weighted by Crippen LogP contribution is -2.23. The Kier molecular flexibility index (Phi) is 3.10. The van der Waals surface area contributed by atoms with Gasteiger partial charge in [-0.3, -0.25) is 14.3 Å². The fraction of sp³-hybridized carbons (Fsp3) is 0.154. The third-order valence-electron chi connectivity index (χ3n) is 2.87. The van der Waals surface area contributed by atoms with Crippen LogP contribution in [0.15, 0.2) is 47.1 Å². The second-order valence-corrected chi connectivity index (χ2v) is 5.06. The summed E-state index contributed by atoms with van der Waals surface area (Å²) in [5.74, 6) is 0. The molecule has 3 aromatic rings. The summed E-state index contributed by atoms with van der Waals surface area (Å²) < 4.78 is 2.04. The molecular formula is C13H11N3O2S. The van der Waals surface area contributed by atoms with Crippen molar-refractivity contribution >= 4 is 21.6 Å². The summed E-state index contributed by atoms with van der Waals surface area (Å²) in [6.07, 6.45) is 3.93. The Labute approximate surface area is 112 Å². The van der Waals surface area contributed by atoms with Crippen LogP contribution in [0, 0.1) is 0 Å². The molecule has 1 atom stereocenters. The monoisotopic (exact) mass is 273 g/mol. The summed E-state index contributed by atoms with van der Waals surface area (Å²) in [4.78, 5) is 20.3. The highest BCUT2D eigenvalue weighted by Crippen LogP contribution is 2.15. The molecule has 0 spiro atoms. The van der Waals surface area contributed by atoms with E-state index in [1.54, 1.807) is 24.5 Å². The van der Waals surface area contributed by atoms with Crippen LogP contribution in [-0.4, -0.2) is 19.6 Å². The molecule has 0 aliphatic rings. The van der Waals surface area contributed by atoms with E-state index in [2.05, 4.69) is 9.97 Å². The van der Waals surface area contributed by atoms with Crippen LogP contribution in [0.4, 0.5) is 0 Å². The third kappa shape index (κ3) is 2.27. The second kappa shape index (κ2) is 4.91. The van der Waals surface area contributed by atoms with Crippen molar-refractivity contribution < 1.29 is 5.11 Å². The Morgan fingerprint density at radius 2 is 2.32 bits per heavy atom. The van der Waals surface area contributed by atoms with E-state index in [9.17, 15) is 9.90 Å². The number of hydrogen-bond acceptors (Lipinski definition) is 5. The molecule has 5 nitrogen and oxygen atoms in total. The highest BCUT2D eigenvalue weighted by atomic mass is 32.1. The van der Waals surface area contributed by atoms with Crippen LogP contribution in [-0.2, 0) is 6.54 Å². The van der Waals surface area contributed by atoms with Gasteiger partial charge in [-0.15, -0.1) is 11.3 Å². The van der Waals surface area contributed by atoms with Gasteiger partial charge in [-0.2, -0.15) is 0 Å². The molecule has 0 fully saturated rings. The summed E-state index contributed by atoms with van der Waals surface area (Å²) in [6, 6.07) is 5.34. The first kappa shape index (κ1) is 12.0. The van der Waals surface area contributed by atoms with E-state index in [0.717, 1.165) is 0 Å². The number of nitrogens with zero attached hydrogens (tertiary/aromatic N) is 3. The van der Waals surface area contributed by atoms with Gasteiger partial charge >= 0.3 is 0 Å². The number of pyridine rings is 1. The summed E-state index contributed by atoms with van der Waals surface area (Å²) in [7, 11) is 0. The molecule has 3 rings (SSSR count). The van der Waals surface area contributed by atoms with E-state index in [1.807, 2.05) is 11.4 Å². The molecule has 19 heavy (non-hydrogen) atoms. The van der Waals surface area contributed by atoms with E-state index in [0.29, 0.717) is 15.8 Å². The summed E-state index contributed by atoms with van der Waals surface area (Å²) >= 11 is 1.36. The van der Waals surface area contributed by atoms with Crippen molar-refractivity contribution in [2.45, 2.75) is 12.6 Å². The molecule has 0 bridgehead atoms. The first-order valence-corrected chi connectivity index (χ1v) is 6.64. The largest absolute Gasteiger partial charge is 0.386 e. The molecule has 3 aromatic heterocycles. The van der Waals surface area contributed by atoms with Crippen molar-refractivity contribution in [1.29, 1.82) is 0 Å². The van der Waals surface area contributed by atoms with Gasteiger partial charge in [0.25, 0.3) is 5.56 Å². The van der Waals surface area contributed by atoms with Gasteiger partial charge in [0.05, 0.1) is 24.5 Å². The van der Waals surface area contributed by atoms with E-state index >= 15 is 0 Å². The van der Waals surface area contributed by atoms with E-state index in [4.69, 9.17) is 0 Å². The highest BCUT2D eigenvalue weighted by molar-refractivity contribution is 7.17. The maximum atomic E-state index is 12.2. The van der Waals surface area contributed by atoms with E-state index < -0.39 is 6.10 Å². The number of rotatable bonds is 3. The van der Waals surface area contributed by atoms with Crippen molar-refractivity contribution in [2.24, 2.45) is 0 Å². The van der Waals surface area contributed by atoms with Crippen LogP contribution in [0.3, 0.4) is 0 Å². The number of aromatic nitrogens is 3. The van der Waals surface area contributed by atoms with Gasteiger partial charge in [0, 0.05) is 18.0 Å². The average Bonchev–Trinajstić information content (AvgIpc) is 2.92. The van der Waals surface area contributed by atoms with Crippen molar-refractivity contribution in [3.05, 3.63) is 58.2 Å². The lowest BCUT2D eigenvalue weighted by molar-refractivity contribution is 0.154. The highest BCUT2D eigenvalue weighted by Gasteiger charge is 2.11. The molecule has 6 heteroatoms. The van der Waals surface area contributed by atoms with Crippen molar-refractivity contribution in [2.75, 3.05) is 0 Å². The Morgan fingerprint density at radius 3 is 3.11 bits per heavy atom. The van der Waals surface area contributed by atoms with Crippen LogP contribution in [0.5, 0.6) is 0 Å². The van der Waals surface area contributed by atoms with Crippen LogP contribution < -0.4 is 5.56 Å². The molecule has 96 valence electrons. The van der Waals surface area contributed by atoms with Crippen LogP contribution in [0.2, 0.25) is 0 Å². The van der Waals surface area contributed by atoms with Crippen LogP contribution in [0.1, 0.15) is 11.7 Å². The summed E-state index contributed by atoms with van der Waals surface area (Å²) in [5, 5.41) is 11.9. The Balaban J connectivity index is 1.93. The topological polar surface area (TPSA) is 68.0 Å². The minimum absolute atomic E-state index is 0.122. The Morgan fingerprint density at radius 1 is 1.42 bits per heavy atom. The van der Waals surface area contributed by atoms with Crippen LogP contribution >= 0.6 is 11.3 Å². The molecule has 0 aromatic carbocycles. The molecule has 1 unspecified atom stereocenters. The fourth-order valence-electron chi connectivity index (χ4n) is 1.87. The Hall–Kier alpha value is -2.05. The zero-order chi connectivity index (χ0) is 13.2. The Bertz CT molecular complexity index is 751. The van der Waals surface area contributed by atoms with Gasteiger partial charge in [0.2, 0.25) is 0 Å². The minimum atomic E-state index is -0.773. The van der Waals surface area contributed by atoms with Crippen molar-refractivity contribution in [3.8, 4) is 0 Å². The zero-order valence-corrected chi connectivity index (χ0v) is 10.7. The molecule has 0 saturated carbocycles. The van der Waals surface area contributed by atoms with Crippen LogP contribution in [0.25, 0.3) is 10.2 Å². The van der Waals surface area contributed by atoms with Crippen molar-refractivity contribution in [1.82, 2.24) is 14.5 Å².